The first-order chi connectivity index (χ1) is 14.1. The molecule has 0 unspecified atom stereocenters. The van der Waals surface area contributed by atoms with Crippen LogP contribution in [-0.4, -0.2) is 21.9 Å². The average Bonchev–Trinajstić information content (AvgIpc) is 3.29. The number of aromatic nitrogens is 2. The number of rotatable bonds is 3. The van der Waals surface area contributed by atoms with Crippen molar-refractivity contribution in [1.29, 1.82) is 0 Å². The standard InChI is InChI=1S/C24H20N4O.Pt/c1-17-14-20(25-28(17)23-12-5-6-13-24(23)29)18-8-7-9-19(15-18)27-16-26(2)21-10-3-4-11-22(21)27;/h3-14,16,29H,1-2H3;/q-2;+2. The predicted octanol–water partition coefficient (Wildman–Crippen LogP) is 5.06. The predicted molar refractivity (Wildman–Crippen MR) is 116 cm³/mol. The minimum atomic E-state index is 0. The van der Waals surface area contributed by atoms with Crippen LogP contribution in [0.2, 0.25) is 0 Å². The van der Waals surface area contributed by atoms with E-state index in [1.807, 2.05) is 62.5 Å². The van der Waals surface area contributed by atoms with E-state index in [0.717, 1.165) is 34.0 Å². The van der Waals surface area contributed by atoms with Crippen LogP contribution in [0.1, 0.15) is 5.69 Å². The van der Waals surface area contributed by atoms with Crippen molar-refractivity contribution in [2.75, 3.05) is 16.8 Å². The summed E-state index contributed by atoms with van der Waals surface area (Å²) >= 11 is 0. The molecular formula is C24H20N4OPt. The van der Waals surface area contributed by atoms with Crippen molar-refractivity contribution in [1.82, 2.24) is 9.78 Å². The topological polar surface area (TPSA) is 44.5 Å². The van der Waals surface area contributed by atoms with Gasteiger partial charge >= 0.3 is 21.1 Å². The van der Waals surface area contributed by atoms with Crippen molar-refractivity contribution in [2.45, 2.75) is 6.92 Å². The summed E-state index contributed by atoms with van der Waals surface area (Å²) in [5.41, 5.74) is 6.56. The minimum absolute atomic E-state index is 0. The number of fused-ring (bicyclic) bond motifs is 1. The SMILES string of the molecule is Cc1cc(-c2[c-]c(N3[CH-]N(C)c4ccccc43)ccc2)nn1-c1ccccc1O.[Pt+2]. The fraction of sp³-hybridized carbons (Fsp3) is 0.0833. The van der Waals surface area contributed by atoms with Crippen molar-refractivity contribution in [2.24, 2.45) is 0 Å². The zero-order valence-electron chi connectivity index (χ0n) is 16.6. The Balaban J connectivity index is 0.00000218. The number of aryl methyl sites for hydroxylation is 1. The smallest absolute Gasteiger partial charge is 0.506 e. The fourth-order valence-electron chi connectivity index (χ4n) is 3.70. The van der Waals surface area contributed by atoms with Crippen molar-refractivity contribution in [3.05, 3.63) is 91.2 Å². The van der Waals surface area contributed by atoms with Crippen molar-refractivity contribution in [3.63, 3.8) is 0 Å². The van der Waals surface area contributed by atoms with Crippen LogP contribution >= 0.6 is 0 Å². The van der Waals surface area contributed by atoms with Gasteiger partial charge in [0.25, 0.3) is 0 Å². The molecule has 5 rings (SSSR count). The van der Waals surface area contributed by atoms with E-state index in [-0.39, 0.29) is 26.8 Å². The summed E-state index contributed by atoms with van der Waals surface area (Å²) in [6.07, 6.45) is 0. The zero-order chi connectivity index (χ0) is 20.0. The van der Waals surface area contributed by atoms with Crippen LogP contribution < -0.4 is 9.80 Å². The second kappa shape index (κ2) is 8.00. The Labute approximate surface area is 190 Å². The second-order valence-corrected chi connectivity index (χ2v) is 7.11. The van der Waals surface area contributed by atoms with E-state index in [0.29, 0.717) is 5.69 Å². The monoisotopic (exact) mass is 575 g/mol. The van der Waals surface area contributed by atoms with Gasteiger partial charge in [0.15, 0.2) is 0 Å². The number of para-hydroxylation sites is 4. The van der Waals surface area contributed by atoms with Gasteiger partial charge in [-0.05, 0) is 38.2 Å². The Morgan fingerprint density at radius 2 is 1.60 bits per heavy atom. The number of hydrogen-bond donors (Lipinski definition) is 1. The minimum Gasteiger partial charge on any atom is -0.506 e. The summed E-state index contributed by atoms with van der Waals surface area (Å²) in [5, 5.41) is 14.9. The molecule has 1 aromatic heterocycles. The molecule has 0 amide bonds. The number of phenolic OH excluding ortho intramolecular Hbond substituents is 1. The van der Waals surface area contributed by atoms with E-state index < -0.39 is 0 Å². The molecule has 0 aliphatic carbocycles. The van der Waals surface area contributed by atoms with E-state index in [2.05, 4.69) is 34.7 Å². The van der Waals surface area contributed by atoms with Gasteiger partial charge in [0.1, 0.15) is 11.4 Å². The zero-order valence-corrected chi connectivity index (χ0v) is 18.8. The Kier molecular flexibility index (Phi) is 5.40. The van der Waals surface area contributed by atoms with E-state index >= 15 is 0 Å². The van der Waals surface area contributed by atoms with E-state index in [1.54, 1.807) is 16.8 Å². The molecule has 2 heterocycles. The number of aromatic hydroxyl groups is 1. The van der Waals surface area contributed by atoms with Crippen molar-refractivity contribution in [3.8, 4) is 22.7 Å². The summed E-state index contributed by atoms with van der Waals surface area (Å²) < 4.78 is 1.76. The van der Waals surface area contributed by atoms with Gasteiger partial charge in [-0.1, -0.05) is 36.0 Å². The molecule has 1 N–H and O–H groups in total. The summed E-state index contributed by atoms with van der Waals surface area (Å²) in [4.78, 5) is 4.23. The Morgan fingerprint density at radius 1 is 0.900 bits per heavy atom. The van der Waals surface area contributed by atoms with Crippen LogP contribution in [0.4, 0.5) is 17.1 Å². The van der Waals surface area contributed by atoms with Crippen molar-refractivity contribution >= 4 is 17.1 Å². The molecular weight excluding hydrogens is 555 g/mol. The van der Waals surface area contributed by atoms with Crippen LogP contribution in [-0.2, 0) is 21.1 Å². The third-order valence-electron chi connectivity index (χ3n) is 5.12. The summed E-state index contributed by atoms with van der Waals surface area (Å²) in [7, 11) is 2.04. The maximum atomic E-state index is 10.2. The molecule has 0 atom stereocenters. The third-order valence-corrected chi connectivity index (χ3v) is 5.12. The number of nitrogens with zero attached hydrogens (tertiary/aromatic N) is 4. The van der Waals surface area contributed by atoms with Crippen LogP contribution in [0.3, 0.4) is 0 Å². The molecule has 152 valence electrons. The molecule has 0 bridgehead atoms. The van der Waals surface area contributed by atoms with Crippen LogP contribution in [0, 0.1) is 19.7 Å². The molecule has 0 saturated carbocycles. The molecule has 0 spiro atoms. The molecule has 4 aromatic rings. The molecule has 0 saturated heterocycles. The van der Waals surface area contributed by atoms with Gasteiger partial charge in [-0.25, -0.2) is 9.78 Å². The van der Waals surface area contributed by atoms with Gasteiger partial charge in [-0.2, -0.15) is 6.67 Å². The Morgan fingerprint density at radius 3 is 2.37 bits per heavy atom. The molecule has 1 aliphatic rings. The molecule has 1 aliphatic heterocycles. The maximum absolute atomic E-state index is 10.2. The van der Waals surface area contributed by atoms with Crippen LogP contribution in [0.25, 0.3) is 16.9 Å². The van der Waals surface area contributed by atoms with Crippen molar-refractivity contribution < 1.29 is 26.2 Å². The van der Waals surface area contributed by atoms with E-state index in [9.17, 15) is 5.11 Å². The third kappa shape index (κ3) is 3.40. The number of anilines is 3. The number of hydrogen-bond acceptors (Lipinski definition) is 4. The largest absolute Gasteiger partial charge is 2.00 e. The molecule has 0 radical (unpaired) electrons. The first-order valence-corrected chi connectivity index (χ1v) is 9.45. The molecule has 3 aromatic carbocycles. The fourth-order valence-corrected chi connectivity index (χ4v) is 3.70. The van der Waals surface area contributed by atoms with Gasteiger partial charge in [0, 0.05) is 22.8 Å². The number of phenols is 1. The summed E-state index contributed by atoms with van der Waals surface area (Å²) in [5.74, 6) is 0.203. The summed E-state index contributed by atoms with van der Waals surface area (Å²) in [6.45, 7) is 4.04. The molecule has 5 nitrogen and oxygen atoms in total. The first kappa shape index (κ1) is 20.2. The Hall–Kier alpha value is -3.04. The second-order valence-electron chi connectivity index (χ2n) is 7.11. The van der Waals surface area contributed by atoms with Crippen LogP contribution in [0.15, 0.2) is 72.8 Å². The van der Waals surface area contributed by atoms with Crippen LogP contribution in [0.5, 0.6) is 5.75 Å². The van der Waals surface area contributed by atoms with Gasteiger partial charge in [0.2, 0.25) is 0 Å². The van der Waals surface area contributed by atoms with E-state index in [1.165, 1.54) is 0 Å². The first-order valence-electron chi connectivity index (χ1n) is 9.45. The van der Waals surface area contributed by atoms with Gasteiger partial charge in [0.05, 0.1) is 0 Å². The molecule has 30 heavy (non-hydrogen) atoms. The van der Waals surface area contributed by atoms with Gasteiger partial charge < -0.3 is 14.9 Å². The average molecular weight is 576 g/mol. The normalized spacial score (nSPS) is 12.6. The maximum Gasteiger partial charge on any atom is 2.00 e. The quantitative estimate of drug-likeness (QED) is 0.347. The Bertz CT molecular complexity index is 1200. The number of benzene rings is 3. The molecule has 6 heteroatoms. The van der Waals surface area contributed by atoms with Gasteiger partial charge in [-0.3, -0.25) is 0 Å². The summed E-state index contributed by atoms with van der Waals surface area (Å²) in [6, 6.07) is 27.1. The van der Waals surface area contributed by atoms with E-state index in [4.69, 9.17) is 5.10 Å². The molecule has 0 fully saturated rings. The van der Waals surface area contributed by atoms with Gasteiger partial charge in [-0.15, -0.1) is 29.8 Å².